The molecule has 100 valence electrons. The minimum Gasteiger partial charge on any atom is -0.282 e. The molecule has 18 heavy (non-hydrogen) atoms. The van der Waals surface area contributed by atoms with Crippen LogP contribution in [0.2, 0.25) is 0 Å². The lowest BCUT2D eigenvalue weighted by molar-refractivity contribution is 0.482. The Morgan fingerprint density at radius 3 is 2.22 bits per heavy atom. The van der Waals surface area contributed by atoms with Gasteiger partial charge in [0.2, 0.25) is 3.79 Å². The van der Waals surface area contributed by atoms with Crippen molar-refractivity contribution in [2.75, 3.05) is 0 Å². The van der Waals surface area contributed by atoms with Gasteiger partial charge in [0.25, 0.3) is 10.1 Å². The molecule has 0 amide bonds. The van der Waals surface area contributed by atoms with Gasteiger partial charge in [-0.05, 0) is 25.0 Å². The van der Waals surface area contributed by atoms with Crippen LogP contribution in [-0.4, -0.2) is 22.6 Å². The van der Waals surface area contributed by atoms with Gasteiger partial charge in [-0.2, -0.15) is 8.42 Å². The Bertz CT molecular complexity index is 591. The molecule has 0 bridgehead atoms. The first-order chi connectivity index (χ1) is 8.00. The third-order valence-corrected chi connectivity index (χ3v) is 5.49. The average Bonchev–Trinajstić information content (AvgIpc) is 2.12. The summed E-state index contributed by atoms with van der Waals surface area (Å²) < 4.78 is 30.0. The van der Waals surface area contributed by atoms with Crippen LogP contribution in [0.1, 0.15) is 11.1 Å². The molecule has 1 aromatic rings. The van der Waals surface area contributed by atoms with Gasteiger partial charge < -0.3 is 0 Å². The first-order valence-corrected chi connectivity index (χ1v) is 8.42. The lowest BCUT2D eigenvalue weighted by atomic mass is 10.2. The summed E-state index contributed by atoms with van der Waals surface area (Å²) in [5.74, 6) is 1.46. The second-order valence-corrected chi connectivity index (χ2v) is 8.61. The number of aryl methyl sites for hydroxylation is 2. The molecule has 1 N–H and O–H groups in total. The van der Waals surface area contributed by atoms with Gasteiger partial charge in [0.05, 0.1) is 0 Å². The van der Waals surface area contributed by atoms with E-state index in [0.717, 1.165) is 5.56 Å². The molecule has 3 nitrogen and oxygen atoms in total. The monoisotopic (exact) mass is 347 g/mol. The summed E-state index contributed by atoms with van der Waals surface area (Å²) in [6.07, 6.45) is 0. The Labute approximate surface area is 123 Å². The standard InChI is InChI=1S/C10H10Cl3O3PS/c1-6-3-7(2)9(18(14,15)16)4-8(6)17-5-10(11,12)13/h3-5H,1-2H3,(H,14,15,16)/p+1. The zero-order chi connectivity index (χ0) is 14.1. The largest absolute Gasteiger partial charge is 0.294 e. The molecule has 0 aromatic heterocycles. The summed E-state index contributed by atoms with van der Waals surface area (Å²) in [6, 6.07) is 3.09. The van der Waals surface area contributed by atoms with Crippen LogP contribution in [0.3, 0.4) is 0 Å². The molecule has 1 rings (SSSR count). The van der Waals surface area contributed by atoms with Gasteiger partial charge >= 0.3 is 0 Å². The Balaban J connectivity index is 3.35. The topological polar surface area (TPSA) is 54.4 Å². The Morgan fingerprint density at radius 2 is 1.78 bits per heavy atom. The van der Waals surface area contributed by atoms with Crippen molar-refractivity contribution in [2.24, 2.45) is 0 Å². The summed E-state index contributed by atoms with van der Waals surface area (Å²) in [5.41, 5.74) is 1.36. The molecule has 0 aliphatic rings. The van der Waals surface area contributed by atoms with Crippen molar-refractivity contribution >= 4 is 64.2 Å². The van der Waals surface area contributed by atoms with Crippen LogP contribution in [0.25, 0.3) is 0 Å². The zero-order valence-electron chi connectivity index (χ0n) is 9.54. The van der Waals surface area contributed by atoms with Gasteiger partial charge in [-0.25, -0.2) is 0 Å². The molecule has 1 aromatic carbocycles. The van der Waals surface area contributed by atoms with Crippen molar-refractivity contribution in [1.29, 1.82) is 0 Å². The van der Waals surface area contributed by atoms with E-state index in [1.807, 2.05) is 6.92 Å². The molecule has 0 aliphatic carbocycles. The van der Waals surface area contributed by atoms with Crippen LogP contribution in [-0.2, 0) is 10.1 Å². The first kappa shape index (κ1) is 16.2. The fourth-order valence-electron chi connectivity index (χ4n) is 1.43. The van der Waals surface area contributed by atoms with E-state index in [2.05, 4.69) is 0 Å². The van der Waals surface area contributed by atoms with Gasteiger partial charge in [-0.3, -0.25) is 4.55 Å². The van der Waals surface area contributed by atoms with E-state index in [0.29, 0.717) is 10.9 Å². The van der Waals surface area contributed by atoms with E-state index in [-0.39, 0.29) is 13.1 Å². The summed E-state index contributed by atoms with van der Waals surface area (Å²) >= 11 is 16.8. The Kier molecular flexibility index (Phi) is 5.10. The second-order valence-electron chi connectivity index (χ2n) is 3.74. The van der Waals surface area contributed by atoms with Crippen molar-refractivity contribution in [2.45, 2.75) is 22.5 Å². The van der Waals surface area contributed by atoms with E-state index in [1.165, 1.54) is 11.9 Å². The average molecular weight is 349 g/mol. The highest BCUT2D eigenvalue weighted by atomic mass is 35.6. The van der Waals surface area contributed by atoms with E-state index in [9.17, 15) is 8.42 Å². The molecule has 0 saturated heterocycles. The van der Waals surface area contributed by atoms with E-state index >= 15 is 0 Å². The minimum atomic E-state index is -4.23. The summed E-state index contributed by atoms with van der Waals surface area (Å²) in [5, 5.41) is 0.708. The molecule has 8 heteroatoms. The normalized spacial score (nSPS) is 13.2. The molecular formula is C10H11Cl3O3PS+. The number of hydrogen-bond donors (Lipinski definition) is 1. The Hall–Kier alpha value is 0.170. The number of benzene rings is 1. The van der Waals surface area contributed by atoms with Crippen LogP contribution in [0, 0.1) is 13.8 Å². The van der Waals surface area contributed by atoms with Crippen LogP contribution < -0.4 is 5.30 Å². The molecule has 0 saturated carbocycles. The van der Waals surface area contributed by atoms with Crippen LogP contribution >= 0.6 is 43.0 Å². The smallest absolute Gasteiger partial charge is 0.282 e. The Morgan fingerprint density at radius 1 is 1.22 bits per heavy atom. The molecule has 0 aliphatic heterocycles. The molecular weight excluding hydrogens is 338 g/mol. The molecule has 0 heterocycles. The van der Waals surface area contributed by atoms with Crippen LogP contribution in [0.4, 0.5) is 0 Å². The maximum absolute atomic E-state index is 11.2. The predicted octanol–water partition coefficient (Wildman–Crippen LogP) is 3.03. The zero-order valence-corrected chi connectivity index (χ0v) is 13.6. The summed E-state index contributed by atoms with van der Waals surface area (Å²) in [4.78, 5) is -0.117. The predicted molar refractivity (Wildman–Crippen MR) is 80.0 cm³/mol. The number of alkyl halides is 3. The highest BCUT2D eigenvalue weighted by Gasteiger charge is 2.22. The van der Waals surface area contributed by atoms with Crippen molar-refractivity contribution in [3.8, 4) is 0 Å². The SMILES string of the molecule is Cc1cc(C)c(S(=O)(=O)O)cc1[PH+]=CC(Cl)(Cl)Cl. The van der Waals surface area contributed by atoms with Crippen molar-refractivity contribution in [3.05, 3.63) is 23.3 Å². The minimum absolute atomic E-state index is 0.0302. The van der Waals surface area contributed by atoms with Gasteiger partial charge in [0.15, 0.2) is 0 Å². The van der Waals surface area contributed by atoms with Crippen molar-refractivity contribution in [3.63, 3.8) is 0 Å². The molecule has 0 fully saturated rings. The van der Waals surface area contributed by atoms with Crippen LogP contribution in [0.5, 0.6) is 0 Å². The van der Waals surface area contributed by atoms with Crippen molar-refractivity contribution in [1.82, 2.24) is 0 Å². The maximum Gasteiger partial charge on any atom is 0.294 e. The molecule has 1 atom stereocenters. The van der Waals surface area contributed by atoms with E-state index in [1.54, 1.807) is 13.0 Å². The van der Waals surface area contributed by atoms with E-state index in [4.69, 9.17) is 39.4 Å². The molecule has 0 radical (unpaired) electrons. The fraction of sp³-hybridized carbons (Fsp3) is 0.300. The highest BCUT2D eigenvalue weighted by molar-refractivity contribution is 7.86. The lowest BCUT2D eigenvalue weighted by Gasteiger charge is -2.04. The van der Waals surface area contributed by atoms with Crippen molar-refractivity contribution < 1.29 is 13.0 Å². The van der Waals surface area contributed by atoms with Gasteiger partial charge in [-0.15, -0.1) is 0 Å². The number of halogens is 3. The highest BCUT2D eigenvalue weighted by Crippen LogP contribution is 2.26. The van der Waals surface area contributed by atoms with Crippen LogP contribution in [0.15, 0.2) is 17.0 Å². The fourth-order valence-corrected chi connectivity index (χ4v) is 3.60. The van der Waals surface area contributed by atoms with Gasteiger partial charge in [-0.1, -0.05) is 40.9 Å². The quantitative estimate of drug-likeness (QED) is 0.508. The number of rotatable bonds is 2. The van der Waals surface area contributed by atoms with Gasteiger partial charge in [0.1, 0.15) is 24.2 Å². The third kappa shape index (κ3) is 4.69. The second kappa shape index (κ2) is 5.66. The van der Waals surface area contributed by atoms with E-state index < -0.39 is 13.9 Å². The lowest BCUT2D eigenvalue weighted by Crippen LogP contribution is -2.09. The van der Waals surface area contributed by atoms with Gasteiger partial charge in [0, 0.05) is 6.07 Å². The third-order valence-electron chi connectivity index (χ3n) is 2.19. The first-order valence-electron chi connectivity index (χ1n) is 4.77. The maximum atomic E-state index is 11.2. The molecule has 0 spiro atoms. The summed E-state index contributed by atoms with van der Waals surface area (Å²) in [7, 11) is -4.20. The number of hydrogen-bond acceptors (Lipinski definition) is 2. The molecule has 1 unspecified atom stereocenters. The summed E-state index contributed by atoms with van der Waals surface area (Å²) in [6.45, 7) is 3.44.